The maximum absolute atomic E-state index is 14.6. The number of amides is 3. The summed E-state index contributed by atoms with van der Waals surface area (Å²) < 4.78 is 44.7. The highest BCUT2D eigenvalue weighted by Crippen LogP contribution is 2.51. The Bertz CT molecular complexity index is 2130. The van der Waals surface area contributed by atoms with Crippen LogP contribution in [-0.2, 0) is 49.2 Å². The minimum atomic E-state index is -2.42. The summed E-state index contributed by atoms with van der Waals surface area (Å²) in [6.07, 6.45) is -1.24. The lowest BCUT2D eigenvalue weighted by molar-refractivity contribution is -0.217. The average molecular weight is 888 g/mol. The Labute approximate surface area is 365 Å². The van der Waals surface area contributed by atoms with Crippen LogP contribution in [0.15, 0.2) is 30.5 Å². The van der Waals surface area contributed by atoms with Crippen LogP contribution in [-0.4, -0.2) is 122 Å². The second-order valence-electron chi connectivity index (χ2n) is 19.1. The van der Waals surface area contributed by atoms with E-state index in [9.17, 15) is 24.3 Å². The Kier molecular flexibility index (Phi) is 12.9. The van der Waals surface area contributed by atoms with Gasteiger partial charge in [0.15, 0.2) is 23.5 Å². The van der Waals surface area contributed by atoms with Crippen molar-refractivity contribution in [1.82, 2.24) is 25.1 Å². The van der Waals surface area contributed by atoms with Gasteiger partial charge in [-0.15, -0.1) is 0 Å². The Balaban J connectivity index is 1.40. The number of aliphatic hydroxyl groups excluding tert-OH is 1. The maximum atomic E-state index is 14.6. The zero-order valence-corrected chi connectivity index (χ0v) is 37.9. The predicted molar refractivity (Wildman–Crippen MR) is 224 cm³/mol. The van der Waals surface area contributed by atoms with Gasteiger partial charge in [0, 0.05) is 25.2 Å². The van der Waals surface area contributed by atoms with Crippen molar-refractivity contribution in [3.05, 3.63) is 41.3 Å². The van der Waals surface area contributed by atoms with Crippen molar-refractivity contribution in [1.29, 1.82) is 0 Å². The Morgan fingerprint density at radius 2 is 1.60 bits per heavy atom. The van der Waals surface area contributed by atoms with Gasteiger partial charge in [-0.05, 0) is 112 Å². The lowest BCUT2D eigenvalue weighted by Crippen LogP contribution is -2.58. The van der Waals surface area contributed by atoms with Gasteiger partial charge in [0.25, 0.3) is 5.60 Å². The van der Waals surface area contributed by atoms with Crippen molar-refractivity contribution in [2.24, 2.45) is 5.92 Å². The minimum absolute atomic E-state index is 0.0157. The van der Waals surface area contributed by atoms with E-state index in [4.69, 9.17) is 44.8 Å². The summed E-state index contributed by atoms with van der Waals surface area (Å²) in [6.45, 7) is 18.5. The molecule has 3 amide bonds. The number of fused-ring (bicyclic) bond motifs is 1. The number of ether oxygens (including phenoxy) is 7. The molecule has 3 aliphatic heterocycles. The molecule has 0 saturated carbocycles. The first-order valence-electron chi connectivity index (χ1n) is 20.5. The highest BCUT2D eigenvalue weighted by Gasteiger charge is 2.65. The number of urea groups is 1. The van der Waals surface area contributed by atoms with E-state index in [0.717, 1.165) is 6.42 Å². The third-order valence-corrected chi connectivity index (χ3v) is 10.3. The van der Waals surface area contributed by atoms with Gasteiger partial charge in [-0.2, -0.15) is 15.1 Å². The Morgan fingerprint density at radius 3 is 2.15 bits per heavy atom. The molecule has 3 saturated heterocycles. The molecule has 3 N–H and O–H groups in total. The third kappa shape index (κ3) is 10.2. The van der Waals surface area contributed by atoms with E-state index in [0.29, 0.717) is 24.3 Å². The fourth-order valence-corrected chi connectivity index (χ4v) is 7.69. The molecule has 0 unspecified atom stereocenters. The molecule has 62 heavy (non-hydrogen) atoms. The molecule has 1 spiro atoms. The van der Waals surface area contributed by atoms with E-state index in [2.05, 4.69) is 25.7 Å². The van der Waals surface area contributed by atoms with Crippen LogP contribution in [0.25, 0.3) is 11.0 Å². The summed E-state index contributed by atoms with van der Waals surface area (Å²) in [4.78, 5) is 64.8. The van der Waals surface area contributed by atoms with E-state index < -0.39 is 83.3 Å². The van der Waals surface area contributed by atoms with E-state index in [-0.39, 0.29) is 41.2 Å². The zero-order valence-electron chi connectivity index (χ0n) is 37.1. The number of aliphatic hydroxyl groups is 1. The SMILES string of the molecule is CC(C)(C)OC(=O)Nc1nc(Cl)nc2c1cnn2[C@@H]1O[C@H](COC(Cc2ccc(N3CCCNC3=O)cc2)(C(=O)OC(C)(C)C)C(=O)OC(C)(C)C)[C@@]2(COC(C)(C)O2)[C@H]1CO. The van der Waals surface area contributed by atoms with Crippen molar-refractivity contribution in [3.63, 3.8) is 0 Å². The van der Waals surface area contributed by atoms with Crippen LogP contribution in [0.4, 0.5) is 21.1 Å². The molecule has 6 rings (SSSR count). The molecule has 0 aliphatic carbocycles. The van der Waals surface area contributed by atoms with Gasteiger partial charge in [-0.25, -0.2) is 23.9 Å². The number of anilines is 2. The first-order chi connectivity index (χ1) is 28.7. The van der Waals surface area contributed by atoms with Gasteiger partial charge >= 0.3 is 24.1 Å². The molecule has 4 atom stereocenters. The first kappa shape index (κ1) is 46.8. The minimum Gasteiger partial charge on any atom is -0.457 e. The fourth-order valence-electron chi connectivity index (χ4n) is 7.53. The van der Waals surface area contributed by atoms with Gasteiger partial charge in [-0.1, -0.05) is 12.1 Å². The molecule has 5 heterocycles. The van der Waals surface area contributed by atoms with E-state index in [1.807, 2.05) is 0 Å². The molecule has 19 nitrogen and oxygen atoms in total. The normalized spacial score (nSPS) is 23.1. The number of rotatable bonds is 11. The second kappa shape index (κ2) is 17.1. The van der Waals surface area contributed by atoms with E-state index >= 15 is 0 Å². The van der Waals surface area contributed by atoms with Crippen LogP contribution in [0.5, 0.6) is 0 Å². The molecule has 0 radical (unpaired) electrons. The number of carbonyl (C=O) groups is 4. The van der Waals surface area contributed by atoms with Crippen LogP contribution in [0.1, 0.15) is 94.4 Å². The molecule has 3 aromatic rings. The standard InChI is InChI=1S/C42H58ClN7O12/c1-37(2,3)59-32(52)41(33(53)60-38(4,5)6,19-24-13-15-25(16-14-24)49-18-12-17-44-35(49)54)56-22-28-42(23-57-40(10,11)62-42)27(21-51)31(58-28)50-30-26(20-45-50)29(46-34(43)48-30)47-36(55)61-39(7,8)9/h13-16,20,27-28,31,51H,12,17-19,21-23H2,1-11H3,(H,44,54)(H,46,47,48,55)/t27-,28+,31+,42+/m0/s1. The van der Waals surface area contributed by atoms with Crippen molar-refractivity contribution in [2.45, 2.75) is 135 Å². The maximum Gasteiger partial charge on any atom is 0.413 e. The average Bonchev–Trinajstić information content (AvgIpc) is 3.80. The Hall–Kier alpha value is -4.66. The number of halogens is 1. The quantitative estimate of drug-likeness (QED) is 0.0942. The number of benzene rings is 1. The summed E-state index contributed by atoms with van der Waals surface area (Å²) in [5.74, 6) is -4.11. The van der Waals surface area contributed by atoms with Crippen LogP contribution in [0.3, 0.4) is 0 Å². The second-order valence-corrected chi connectivity index (χ2v) is 19.4. The Morgan fingerprint density at radius 1 is 0.968 bits per heavy atom. The van der Waals surface area contributed by atoms with Crippen molar-refractivity contribution < 1.29 is 57.4 Å². The van der Waals surface area contributed by atoms with Crippen LogP contribution in [0, 0.1) is 5.92 Å². The van der Waals surface area contributed by atoms with Crippen molar-refractivity contribution in [2.75, 3.05) is 43.1 Å². The topological polar surface area (TPSA) is 224 Å². The van der Waals surface area contributed by atoms with Gasteiger partial charge in [0.05, 0.1) is 37.3 Å². The fraction of sp³-hybridized carbons (Fsp3) is 0.643. The lowest BCUT2D eigenvalue weighted by Gasteiger charge is -2.37. The van der Waals surface area contributed by atoms with E-state index in [1.165, 1.54) is 10.9 Å². The number of nitrogens with zero attached hydrogens (tertiary/aromatic N) is 5. The molecule has 2 aromatic heterocycles. The van der Waals surface area contributed by atoms with Gasteiger partial charge in [0.2, 0.25) is 5.28 Å². The number of esters is 2. The van der Waals surface area contributed by atoms with Crippen molar-refractivity contribution >= 4 is 58.2 Å². The number of nitrogens with one attached hydrogen (secondary N) is 2. The number of hydrogen-bond acceptors (Lipinski definition) is 15. The summed E-state index contributed by atoms with van der Waals surface area (Å²) in [7, 11) is 0. The summed E-state index contributed by atoms with van der Waals surface area (Å²) in [5, 5.41) is 21.2. The van der Waals surface area contributed by atoms with Gasteiger partial charge in [-0.3, -0.25) is 10.2 Å². The number of carbonyl (C=O) groups excluding carboxylic acids is 4. The summed E-state index contributed by atoms with van der Waals surface area (Å²) >= 11 is 6.39. The molecule has 20 heteroatoms. The van der Waals surface area contributed by atoms with Crippen LogP contribution in [0.2, 0.25) is 5.28 Å². The summed E-state index contributed by atoms with van der Waals surface area (Å²) in [5.41, 5.74) is -5.56. The molecule has 0 bridgehead atoms. The van der Waals surface area contributed by atoms with Crippen LogP contribution < -0.4 is 15.5 Å². The lowest BCUT2D eigenvalue weighted by atomic mass is 9.85. The van der Waals surface area contributed by atoms with Gasteiger partial charge in [0.1, 0.15) is 28.5 Å². The van der Waals surface area contributed by atoms with Crippen LogP contribution >= 0.6 is 11.6 Å². The molecule has 340 valence electrons. The molecule has 3 fully saturated rings. The van der Waals surface area contributed by atoms with E-state index in [1.54, 1.807) is 105 Å². The smallest absolute Gasteiger partial charge is 0.413 e. The largest absolute Gasteiger partial charge is 0.457 e. The molecule has 3 aliphatic rings. The van der Waals surface area contributed by atoms with Gasteiger partial charge < -0.3 is 43.6 Å². The third-order valence-electron chi connectivity index (χ3n) is 10.1. The number of hydrogen-bond donors (Lipinski definition) is 3. The van der Waals surface area contributed by atoms with Crippen molar-refractivity contribution in [3.8, 4) is 0 Å². The molecular weight excluding hydrogens is 830 g/mol. The highest BCUT2D eigenvalue weighted by molar-refractivity contribution is 6.28. The summed E-state index contributed by atoms with van der Waals surface area (Å²) in [6, 6.07) is 6.63. The monoisotopic (exact) mass is 887 g/mol. The number of aromatic nitrogens is 4. The highest BCUT2D eigenvalue weighted by atomic mass is 35.5. The predicted octanol–water partition coefficient (Wildman–Crippen LogP) is 5.46. The first-order valence-corrected chi connectivity index (χ1v) is 20.9. The molecular formula is C42H58ClN7O12. The molecule has 1 aromatic carbocycles. The zero-order chi connectivity index (χ0) is 45.6.